The Kier molecular flexibility index (Phi) is 11.3. The van der Waals surface area contributed by atoms with Crippen LogP contribution in [0.25, 0.3) is 0 Å². The van der Waals surface area contributed by atoms with Gasteiger partial charge in [-0.2, -0.15) is 8.42 Å². The number of rotatable bonds is 6. The molecule has 2 saturated heterocycles. The normalized spacial score (nSPS) is 47.8. The van der Waals surface area contributed by atoms with Gasteiger partial charge in [-0.05, 0) is 6.42 Å². The quantitative estimate of drug-likeness (QED) is 0.136. The molecule has 0 bridgehead atoms. The van der Waals surface area contributed by atoms with E-state index in [0.29, 0.717) is 0 Å². The van der Waals surface area contributed by atoms with Gasteiger partial charge in [-0.1, -0.05) is 0 Å². The predicted molar refractivity (Wildman–Crippen MR) is 116 cm³/mol. The summed E-state index contributed by atoms with van der Waals surface area (Å²) in [6.07, 6.45) is -13.8. The van der Waals surface area contributed by atoms with Crippen molar-refractivity contribution >= 4 is 10.4 Å². The molecule has 16 N–H and O–H groups in total. The largest absolute Gasteiger partial charge is 0.394 e. The first-order chi connectivity index (χ1) is 16.6. The van der Waals surface area contributed by atoms with Crippen molar-refractivity contribution in [1.29, 1.82) is 0 Å². The second-order valence-corrected chi connectivity index (χ2v) is 9.64. The Morgan fingerprint density at radius 3 is 1.75 bits per heavy atom. The van der Waals surface area contributed by atoms with Gasteiger partial charge in [0.15, 0.2) is 12.6 Å². The van der Waals surface area contributed by atoms with E-state index in [2.05, 4.69) is 0 Å². The number of aliphatic hydroxyl groups is 6. The molecule has 3 fully saturated rings. The van der Waals surface area contributed by atoms with Gasteiger partial charge in [-0.25, -0.2) is 0 Å². The Morgan fingerprint density at radius 2 is 1.25 bits per heavy atom. The minimum Gasteiger partial charge on any atom is -0.394 e. The molecule has 214 valence electrons. The first-order valence-corrected chi connectivity index (χ1v) is 12.3. The topological polar surface area (TPSA) is 337 Å². The van der Waals surface area contributed by atoms with Crippen molar-refractivity contribution in [2.24, 2.45) is 22.9 Å². The maximum Gasteiger partial charge on any atom is 0.394 e. The van der Waals surface area contributed by atoms with Crippen molar-refractivity contribution in [2.45, 2.75) is 92.1 Å². The minimum atomic E-state index is -4.67. The lowest BCUT2D eigenvalue weighted by Gasteiger charge is -2.47. The molecule has 14 atom stereocenters. The monoisotopic (exact) mass is 552 g/mol. The summed E-state index contributed by atoms with van der Waals surface area (Å²) in [5.41, 5.74) is 23.6. The summed E-state index contributed by atoms with van der Waals surface area (Å²) in [5.74, 6) is 0. The average molecular weight is 553 g/mol. The zero-order chi connectivity index (χ0) is 27.5. The van der Waals surface area contributed by atoms with Gasteiger partial charge >= 0.3 is 10.4 Å². The highest BCUT2D eigenvalue weighted by molar-refractivity contribution is 7.79. The molecule has 1 aliphatic carbocycles. The molecule has 0 aromatic rings. The van der Waals surface area contributed by atoms with Gasteiger partial charge in [0, 0.05) is 18.6 Å². The van der Waals surface area contributed by atoms with E-state index in [1.165, 1.54) is 0 Å². The van der Waals surface area contributed by atoms with E-state index in [9.17, 15) is 30.6 Å². The molecule has 3 aliphatic rings. The molecular formula is C17H36N4O14S. The second kappa shape index (κ2) is 12.9. The van der Waals surface area contributed by atoms with Crippen LogP contribution in [0.3, 0.4) is 0 Å². The predicted octanol–water partition coefficient (Wildman–Crippen LogP) is -7.31. The van der Waals surface area contributed by atoms with Gasteiger partial charge in [-0.15, -0.1) is 0 Å². The summed E-state index contributed by atoms with van der Waals surface area (Å²) < 4.78 is 54.0. The first-order valence-electron chi connectivity index (χ1n) is 10.9. The van der Waals surface area contributed by atoms with Crippen LogP contribution in [-0.4, -0.2) is 147 Å². The van der Waals surface area contributed by atoms with Crippen LogP contribution >= 0.6 is 0 Å². The van der Waals surface area contributed by atoms with Crippen molar-refractivity contribution in [2.75, 3.05) is 13.2 Å². The summed E-state index contributed by atoms with van der Waals surface area (Å²) in [6.45, 7) is -0.673. The molecule has 0 aromatic heterocycles. The minimum absolute atomic E-state index is 0.114. The molecule has 0 aromatic carbocycles. The van der Waals surface area contributed by atoms with Gasteiger partial charge in [0.2, 0.25) is 0 Å². The lowest BCUT2D eigenvalue weighted by molar-refractivity contribution is -0.306. The molecule has 0 radical (unpaired) electrons. The summed E-state index contributed by atoms with van der Waals surface area (Å²) in [4.78, 5) is 0. The first kappa shape index (κ1) is 31.5. The van der Waals surface area contributed by atoms with Crippen molar-refractivity contribution < 1.29 is 67.1 Å². The third-order valence-corrected chi connectivity index (χ3v) is 6.13. The fourth-order valence-corrected chi connectivity index (χ4v) is 4.16. The van der Waals surface area contributed by atoms with E-state index in [0.717, 1.165) is 0 Å². The van der Waals surface area contributed by atoms with Gasteiger partial charge in [-0.3, -0.25) is 9.11 Å². The summed E-state index contributed by atoms with van der Waals surface area (Å²) >= 11 is 0. The lowest BCUT2D eigenvalue weighted by Crippen LogP contribution is -2.68. The van der Waals surface area contributed by atoms with Gasteiger partial charge < -0.3 is 72.5 Å². The molecule has 0 spiro atoms. The van der Waals surface area contributed by atoms with E-state index in [1.807, 2.05) is 0 Å². The van der Waals surface area contributed by atoms with E-state index in [1.54, 1.807) is 0 Å². The van der Waals surface area contributed by atoms with E-state index < -0.39 is 103 Å². The lowest BCUT2D eigenvalue weighted by atomic mass is 9.84. The number of ether oxygens (including phenoxy) is 4. The SMILES string of the molecule is NC[C@H]1OC(OC2[C@@H](N)C[C@@H](N)[C@H](O)[C@H]2O[C@@H]2O[C@H](CO)[C@@H](O)[C@H]2O)[C@H](N)[C@@H](O)[C@@H]1O.O=S(=O)(O)O. The Bertz CT molecular complexity index is 787. The Labute approximate surface area is 206 Å². The van der Waals surface area contributed by atoms with Crippen LogP contribution in [0.1, 0.15) is 6.42 Å². The molecule has 2 heterocycles. The number of hydrogen-bond donors (Lipinski definition) is 12. The zero-order valence-corrected chi connectivity index (χ0v) is 19.8. The van der Waals surface area contributed by atoms with E-state index in [-0.39, 0.29) is 13.0 Å². The fourth-order valence-electron chi connectivity index (χ4n) is 4.16. The smallest absolute Gasteiger partial charge is 0.394 e. The van der Waals surface area contributed by atoms with Crippen LogP contribution in [0.2, 0.25) is 0 Å². The molecule has 36 heavy (non-hydrogen) atoms. The molecule has 18 nitrogen and oxygen atoms in total. The van der Waals surface area contributed by atoms with Crippen LogP contribution in [0.4, 0.5) is 0 Å². The fraction of sp³-hybridized carbons (Fsp3) is 1.00. The summed E-state index contributed by atoms with van der Waals surface area (Å²) in [6, 6.07) is -2.72. The highest BCUT2D eigenvalue weighted by Gasteiger charge is 2.52. The second-order valence-electron chi connectivity index (χ2n) is 8.75. The Morgan fingerprint density at radius 1 is 0.750 bits per heavy atom. The molecule has 2 aliphatic heterocycles. The third-order valence-electron chi connectivity index (χ3n) is 6.13. The zero-order valence-electron chi connectivity index (χ0n) is 18.9. The van der Waals surface area contributed by atoms with Gasteiger partial charge in [0.05, 0.1) is 18.8 Å². The van der Waals surface area contributed by atoms with Gasteiger partial charge in [0.25, 0.3) is 0 Å². The molecule has 3 rings (SSSR count). The Hall–Kier alpha value is -0.690. The maximum atomic E-state index is 10.6. The number of nitrogens with two attached hydrogens (primary N) is 4. The van der Waals surface area contributed by atoms with Gasteiger partial charge in [0.1, 0.15) is 48.8 Å². The van der Waals surface area contributed by atoms with Crippen molar-refractivity contribution in [3.05, 3.63) is 0 Å². The van der Waals surface area contributed by atoms with E-state index >= 15 is 0 Å². The number of aliphatic hydroxyl groups excluding tert-OH is 6. The Balaban J connectivity index is 0.000000830. The highest BCUT2D eigenvalue weighted by atomic mass is 32.3. The van der Waals surface area contributed by atoms with Crippen LogP contribution in [0, 0.1) is 0 Å². The van der Waals surface area contributed by atoms with Crippen molar-refractivity contribution in [3.63, 3.8) is 0 Å². The third kappa shape index (κ3) is 7.68. The number of hydrogen-bond acceptors (Lipinski definition) is 16. The van der Waals surface area contributed by atoms with Crippen LogP contribution in [0.5, 0.6) is 0 Å². The molecule has 1 saturated carbocycles. The average Bonchev–Trinajstić information content (AvgIpc) is 3.06. The van der Waals surface area contributed by atoms with Crippen molar-refractivity contribution in [1.82, 2.24) is 0 Å². The standard InChI is InChI=1S/C17H34N4O10.H2O4S/c18-2-6-10(24)12(26)8(21)16(28-6)30-14-5(20)1-4(19)9(23)15(14)31-17-13(27)11(25)7(3-22)29-17;1-5(2,3)4/h4-17,22-27H,1-3,18-21H2;(H2,1,2,3,4)/t4-,5+,6-,7-,8-,9+,10-,11-,12-,13-,14?,15-,16?,17+;/m1./s1. The van der Waals surface area contributed by atoms with Crippen LogP contribution in [-0.2, 0) is 29.3 Å². The van der Waals surface area contributed by atoms with Crippen molar-refractivity contribution in [3.8, 4) is 0 Å². The summed E-state index contributed by atoms with van der Waals surface area (Å²) in [7, 11) is -4.67. The summed E-state index contributed by atoms with van der Waals surface area (Å²) in [5, 5.41) is 60.2. The molecular weight excluding hydrogens is 516 g/mol. The van der Waals surface area contributed by atoms with Crippen LogP contribution in [0.15, 0.2) is 0 Å². The molecule has 0 amide bonds. The maximum absolute atomic E-state index is 10.6. The van der Waals surface area contributed by atoms with E-state index in [4.69, 9.17) is 59.4 Å². The molecule has 19 heteroatoms. The van der Waals surface area contributed by atoms with Crippen LogP contribution < -0.4 is 22.9 Å². The molecule has 2 unspecified atom stereocenters. The highest BCUT2D eigenvalue weighted by Crippen LogP contribution is 2.31.